The molecule has 1 N–H and O–H groups in total. The second kappa shape index (κ2) is 6.60. The van der Waals surface area contributed by atoms with E-state index in [9.17, 15) is 8.42 Å². The molecule has 1 heterocycles. The molecule has 1 rings (SSSR count). The van der Waals surface area contributed by atoms with E-state index in [1.807, 2.05) is 25.1 Å². The van der Waals surface area contributed by atoms with Crippen LogP contribution in [-0.4, -0.2) is 31.5 Å². The number of hydrogen-bond donors (Lipinski definition) is 1. The maximum atomic E-state index is 11.4. The minimum absolute atomic E-state index is 0.202. The minimum atomic E-state index is -2.87. The Balaban J connectivity index is 2.22. The van der Waals surface area contributed by atoms with Gasteiger partial charge in [0, 0.05) is 25.0 Å². The van der Waals surface area contributed by atoms with Gasteiger partial charge in [-0.25, -0.2) is 8.42 Å². The first-order valence-corrected chi connectivity index (χ1v) is 7.27. The first kappa shape index (κ1) is 13.1. The summed E-state index contributed by atoms with van der Waals surface area (Å²) < 4.78 is 22.8. The highest BCUT2D eigenvalue weighted by Gasteiger charge is 2.07. The summed E-state index contributed by atoms with van der Waals surface area (Å²) in [5.41, 5.74) is 0.926. The third-order valence-corrected chi connectivity index (χ3v) is 3.99. The standard InChI is InChI=1S/C11H18N2O2S/c1-2-8-16(14,15)9-7-12-10-11-5-3-4-6-13-11/h3-6,12H,2,7-10H2,1H3. The van der Waals surface area contributed by atoms with Crippen molar-refractivity contribution in [3.05, 3.63) is 30.1 Å². The first-order chi connectivity index (χ1) is 7.64. The molecule has 0 spiro atoms. The van der Waals surface area contributed by atoms with Gasteiger partial charge in [0.05, 0.1) is 11.4 Å². The average Bonchev–Trinajstić information content (AvgIpc) is 2.26. The first-order valence-electron chi connectivity index (χ1n) is 5.45. The molecule has 16 heavy (non-hydrogen) atoms. The summed E-state index contributed by atoms with van der Waals surface area (Å²) in [5.74, 6) is 0.478. The van der Waals surface area contributed by atoms with E-state index in [4.69, 9.17) is 0 Å². The topological polar surface area (TPSA) is 59.1 Å². The van der Waals surface area contributed by atoms with Crippen molar-refractivity contribution in [2.75, 3.05) is 18.1 Å². The van der Waals surface area contributed by atoms with Crippen molar-refractivity contribution >= 4 is 9.84 Å². The number of rotatable bonds is 7. The van der Waals surface area contributed by atoms with Gasteiger partial charge >= 0.3 is 0 Å². The summed E-state index contributed by atoms with van der Waals surface area (Å²) in [4.78, 5) is 4.14. The van der Waals surface area contributed by atoms with Gasteiger partial charge < -0.3 is 5.32 Å². The Morgan fingerprint density at radius 2 is 2.12 bits per heavy atom. The van der Waals surface area contributed by atoms with Gasteiger partial charge in [-0.3, -0.25) is 4.98 Å². The van der Waals surface area contributed by atoms with Gasteiger partial charge in [-0.1, -0.05) is 13.0 Å². The lowest BCUT2D eigenvalue weighted by Gasteiger charge is -2.04. The Bertz CT molecular complexity index is 390. The predicted octanol–water partition coefficient (Wildman–Crippen LogP) is 0.996. The van der Waals surface area contributed by atoms with Gasteiger partial charge in [0.25, 0.3) is 0 Å². The number of nitrogens with one attached hydrogen (secondary N) is 1. The smallest absolute Gasteiger partial charge is 0.151 e. The molecule has 0 aliphatic rings. The van der Waals surface area contributed by atoms with Gasteiger partial charge in [0.15, 0.2) is 9.84 Å². The van der Waals surface area contributed by atoms with E-state index < -0.39 is 9.84 Å². The number of pyridine rings is 1. The van der Waals surface area contributed by atoms with Crippen molar-refractivity contribution in [3.8, 4) is 0 Å². The van der Waals surface area contributed by atoms with E-state index in [2.05, 4.69) is 10.3 Å². The number of aromatic nitrogens is 1. The highest BCUT2D eigenvalue weighted by molar-refractivity contribution is 7.91. The summed E-state index contributed by atoms with van der Waals surface area (Å²) in [6.45, 7) is 2.97. The van der Waals surface area contributed by atoms with Gasteiger partial charge in [0.1, 0.15) is 0 Å². The summed E-state index contributed by atoms with van der Waals surface area (Å²) >= 11 is 0. The lowest BCUT2D eigenvalue weighted by atomic mass is 10.3. The maximum absolute atomic E-state index is 11.4. The number of nitrogens with zero attached hydrogens (tertiary/aromatic N) is 1. The van der Waals surface area contributed by atoms with E-state index in [1.165, 1.54) is 0 Å². The van der Waals surface area contributed by atoms with Crippen molar-refractivity contribution in [2.45, 2.75) is 19.9 Å². The van der Waals surface area contributed by atoms with Crippen LogP contribution in [0, 0.1) is 0 Å². The van der Waals surface area contributed by atoms with Crippen molar-refractivity contribution < 1.29 is 8.42 Å². The fourth-order valence-electron chi connectivity index (χ4n) is 1.36. The largest absolute Gasteiger partial charge is 0.310 e. The fraction of sp³-hybridized carbons (Fsp3) is 0.545. The van der Waals surface area contributed by atoms with Crippen molar-refractivity contribution in [2.24, 2.45) is 0 Å². The molecule has 0 aromatic carbocycles. The second-order valence-electron chi connectivity index (χ2n) is 3.65. The normalized spacial score (nSPS) is 11.6. The van der Waals surface area contributed by atoms with Crippen LogP contribution < -0.4 is 5.32 Å². The molecule has 90 valence electrons. The lowest BCUT2D eigenvalue weighted by Crippen LogP contribution is -2.24. The molecular formula is C11H18N2O2S. The van der Waals surface area contributed by atoms with Crippen LogP contribution in [0.2, 0.25) is 0 Å². The molecule has 0 bridgehead atoms. The molecule has 0 fully saturated rings. The van der Waals surface area contributed by atoms with Crippen LogP contribution in [0.4, 0.5) is 0 Å². The minimum Gasteiger partial charge on any atom is -0.310 e. The predicted molar refractivity (Wildman–Crippen MR) is 64.9 cm³/mol. The van der Waals surface area contributed by atoms with E-state index in [-0.39, 0.29) is 11.5 Å². The monoisotopic (exact) mass is 242 g/mol. The van der Waals surface area contributed by atoms with Gasteiger partial charge in [-0.2, -0.15) is 0 Å². The van der Waals surface area contributed by atoms with Crippen LogP contribution in [0.25, 0.3) is 0 Å². The van der Waals surface area contributed by atoms with E-state index >= 15 is 0 Å². The van der Waals surface area contributed by atoms with Crippen molar-refractivity contribution in [3.63, 3.8) is 0 Å². The summed E-state index contributed by atoms with van der Waals surface area (Å²) in [5, 5.41) is 3.07. The molecule has 1 aromatic rings. The Hall–Kier alpha value is -0.940. The third kappa shape index (κ3) is 5.23. The zero-order valence-corrected chi connectivity index (χ0v) is 10.3. The molecule has 1 aromatic heterocycles. The highest BCUT2D eigenvalue weighted by atomic mass is 32.2. The van der Waals surface area contributed by atoms with E-state index in [0.29, 0.717) is 19.5 Å². The van der Waals surface area contributed by atoms with Crippen LogP contribution in [0.5, 0.6) is 0 Å². The van der Waals surface area contributed by atoms with Crippen LogP contribution in [0.1, 0.15) is 19.0 Å². The Morgan fingerprint density at radius 3 is 2.75 bits per heavy atom. The highest BCUT2D eigenvalue weighted by Crippen LogP contribution is 1.94. The SMILES string of the molecule is CCCS(=O)(=O)CCNCc1ccccn1. The zero-order chi connectivity index (χ0) is 11.9. The number of hydrogen-bond acceptors (Lipinski definition) is 4. The average molecular weight is 242 g/mol. The molecule has 0 amide bonds. The molecule has 0 saturated carbocycles. The van der Waals surface area contributed by atoms with E-state index in [1.54, 1.807) is 6.20 Å². The Kier molecular flexibility index (Phi) is 5.42. The van der Waals surface area contributed by atoms with Crippen LogP contribution in [0.3, 0.4) is 0 Å². The molecular weight excluding hydrogens is 224 g/mol. The fourth-order valence-corrected chi connectivity index (χ4v) is 2.64. The molecule has 0 atom stereocenters. The molecule has 4 nitrogen and oxygen atoms in total. The molecule has 5 heteroatoms. The zero-order valence-electron chi connectivity index (χ0n) is 9.52. The van der Waals surface area contributed by atoms with E-state index in [0.717, 1.165) is 5.69 Å². The second-order valence-corrected chi connectivity index (χ2v) is 5.95. The van der Waals surface area contributed by atoms with Crippen LogP contribution >= 0.6 is 0 Å². The van der Waals surface area contributed by atoms with Gasteiger partial charge in [0.2, 0.25) is 0 Å². The molecule has 0 aliphatic carbocycles. The summed E-state index contributed by atoms with van der Waals surface area (Å²) in [6.07, 6.45) is 2.41. The number of sulfone groups is 1. The maximum Gasteiger partial charge on any atom is 0.151 e. The molecule has 0 aliphatic heterocycles. The third-order valence-electron chi connectivity index (χ3n) is 2.14. The Morgan fingerprint density at radius 1 is 1.31 bits per heavy atom. The Labute approximate surface area is 97.0 Å². The lowest BCUT2D eigenvalue weighted by molar-refractivity contribution is 0.589. The molecule has 0 saturated heterocycles. The summed E-state index contributed by atoms with van der Waals surface area (Å²) in [7, 11) is -2.87. The molecule has 0 radical (unpaired) electrons. The van der Waals surface area contributed by atoms with Crippen LogP contribution in [0.15, 0.2) is 24.4 Å². The quantitative estimate of drug-likeness (QED) is 0.725. The van der Waals surface area contributed by atoms with Crippen molar-refractivity contribution in [1.29, 1.82) is 0 Å². The van der Waals surface area contributed by atoms with Gasteiger partial charge in [-0.15, -0.1) is 0 Å². The van der Waals surface area contributed by atoms with Crippen LogP contribution in [-0.2, 0) is 16.4 Å². The molecule has 0 unspecified atom stereocenters. The van der Waals surface area contributed by atoms with Gasteiger partial charge in [-0.05, 0) is 18.6 Å². The summed E-state index contributed by atoms with van der Waals surface area (Å²) in [6, 6.07) is 5.68. The van der Waals surface area contributed by atoms with Crippen molar-refractivity contribution in [1.82, 2.24) is 10.3 Å².